The van der Waals surface area contributed by atoms with Gasteiger partial charge in [-0.25, -0.2) is 4.98 Å². The lowest BCUT2D eigenvalue weighted by atomic mass is 9.97. The van der Waals surface area contributed by atoms with Gasteiger partial charge in [0.25, 0.3) is 0 Å². The summed E-state index contributed by atoms with van der Waals surface area (Å²) in [4.78, 5) is 4.36. The Kier molecular flexibility index (Phi) is 3.04. The molecule has 0 aliphatic rings. The predicted octanol–water partition coefficient (Wildman–Crippen LogP) is 3.39. The number of nitrogen functional groups attached to an aromatic ring is 3. The van der Waals surface area contributed by atoms with Crippen LogP contribution in [0.15, 0.2) is 46.9 Å². The zero-order valence-corrected chi connectivity index (χ0v) is 14.6. The minimum atomic E-state index is -0.0706. The van der Waals surface area contributed by atoms with Crippen LogP contribution in [0, 0.1) is 16.7 Å². The van der Waals surface area contributed by atoms with E-state index in [4.69, 9.17) is 27.0 Å². The molecule has 3 aromatic carbocycles. The third kappa shape index (κ3) is 1.91. The van der Waals surface area contributed by atoms with Crippen LogP contribution in [0.4, 0.5) is 17.2 Å². The molecule has 0 spiro atoms. The number of nitrogens with zero attached hydrogens (tertiary/aromatic N) is 2. The molecule has 0 fully saturated rings. The first kappa shape index (κ1) is 15.9. The molecule has 5 aromatic rings. The fraction of sp³-hybridized carbons (Fsp3) is 0. The number of nitriles is 1. The van der Waals surface area contributed by atoms with Crippen molar-refractivity contribution in [3.8, 4) is 6.07 Å². The van der Waals surface area contributed by atoms with Gasteiger partial charge in [0.15, 0.2) is 0 Å². The Morgan fingerprint density at radius 3 is 2.54 bits per heavy atom. The summed E-state index contributed by atoms with van der Waals surface area (Å²) in [5.74, 6) is -0.00295. The molecule has 7 nitrogen and oxygen atoms in total. The SMILES string of the molecule is N#Cc1c(N)nc2c(c(N)cc3c2c(=N)oc2ccc4ccccc4c23)c1N. The predicted molar refractivity (Wildman–Crippen MR) is 110 cm³/mol. The van der Waals surface area contributed by atoms with E-state index in [1.54, 1.807) is 6.07 Å². The van der Waals surface area contributed by atoms with Crippen molar-refractivity contribution in [3.05, 3.63) is 53.6 Å². The molecule has 2 heterocycles. The van der Waals surface area contributed by atoms with Crippen LogP contribution in [0.3, 0.4) is 0 Å². The van der Waals surface area contributed by atoms with Gasteiger partial charge in [-0.1, -0.05) is 30.3 Å². The summed E-state index contributed by atoms with van der Waals surface area (Å²) in [5.41, 5.74) is 19.9. The number of nitrogens with one attached hydrogen (secondary N) is 1. The summed E-state index contributed by atoms with van der Waals surface area (Å²) in [6.07, 6.45) is 0. The van der Waals surface area contributed by atoms with Crippen molar-refractivity contribution in [3.63, 3.8) is 0 Å². The summed E-state index contributed by atoms with van der Waals surface area (Å²) >= 11 is 0. The Bertz CT molecular complexity index is 1580. The van der Waals surface area contributed by atoms with E-state index in [-0.39, 0.29) is 22.6 Å². The van der Waals surface area contributed by atoms with Crippen molar-refractivity contribution >= 4 is 60.6 Å². The molecule has 0 saturated carbocycles. The standard InChI is InChI=1S/C21H14N6O/c22-8-12-18(24)17-13(23)7-11-15-10-4-2-1-3-9(10)5-6-14(15)28-21(26)16(11)19(17)27-20(12)25/h1-7,26H,23H2,(H4,24,25,27). The summed E-state index contributed by atoms with van der Waals surface area (Å²) in [5, 5.41) is 22.2. The molecule has 0 aliphatic heterocycles. The highest BCUT2D eigenvalue weighted by molar-refractivity contribution is 6.25. The van der Waals surface area contributed by atoms with E-state index in [1.807, 2.05) is 42.5 Å². The molecule has 0 radical (unpaired) electrons. The lowest BCUT2D eigenvalue weighted by Gasteiger charge is -2.13. The second-order valence-electron chi connectivity index (χ2n) is 6.60. The van der Waals surface area contributed by atoms with Gasteiger partial charge in [0.1, 0.15) is 23.0 Å². The van der Waals surface area contributed by atoms with E-state index in [2.05, 4.69) is 4.98 Å². The number of hydrogen-bond acceptors (Lipinski definition) is 7. The zero-order valence-electron chi connectivity index (χ0n) is 14.6. The lowest BCUT2D eigenvalue weighted by molar-refractivity contribution is 0.543. The van der Waals surface area contributed by atoms with Crippen molar-refractivity contribution in [2.24, 2.45) is 0 Å². The van der Waals surface area contributed by atoms with Crippen LogP contribution in [0.2, 0.25) is 0 Å². The number of nitrogens with two attached hydrogens (primary N) is 3. The van der Waals surface area contributed by atoms with E-state index in [1.165, 1.54) is 0 Å². The van der Waals surface area contributed by atoms with Gasteiger partial charge in [0.05, 0.1) is 16.6 Å². The first-order valence-corrected chi connectivity index (χ1v) is 8.51. The van der Waals surface area contributed by atoms with Crippen molar-refractivity contribution in [1.29, 1.82) is 10.7 Å². The molecule has 0 bridgehead atoms. The Morgan fingerprint density at radius 2 is 1.75 bits per heavy atom. The highest BCUT2D eigenvalue weighted by Gasteiger charge is 2.19. The zero-order chi connectivity index (χ0) is 19.6. The van der Waals surface area contributed by atoms with Crippen molar-refractivity contribution in [2.45, 2.75) is 0 Å². The number of benzene rings is 3. The van der Waals surface area contributed by atoms with Gasteiger partial charge < -0.3 is 21.6 Å². The van der Waals surface area contributed by atoms with Gasteiger partial charge in [-0.2, -0.15) is 5.26 Å². The van der Waals surface area contributed by atoms with Crippen molar-refractivity contribution < 1.29 is 4.42 Å². The third-order valence-corrected chi connectivity index (χ3v) is 5.07. The molecule has 134 valence electrons. The largest absolute Gasteiger partial charge is 0.438 e. The molecule has 7 N–H and O–H groups in total. The summed E-state index contributed by atoms with van der Waals surface area (Å²) < 4.78 is 5.81. The van der Waals surface area contributed by atoms with Crippen LogP contribution < -0.4 is 22.8 Å². The molecule has 0 unspecified atom stereocenters. The Balaban J connectivity index is 2.15. The Labute approximate surface area is 158 Å². The second kappa shape index (κ2) is 5.34. The molecule has 7 heteroatoms. The molecule has 0 saturated heterocycles. The average molecular weight is 366 g/mol. The maximum atomic E-state index is 9.33. The number of hydrogen-bond donors (Lipinski definition) is 4. The highest BCUT2D eigenvalue weighted by Crippen LogP contribution is 2.39. The smallest absolute Gasteiger partial charge is 0.222 e. The summed E-state index contributed by atoms with van der Waals surface area (Å²) in [6, 6.07) is 15.4. The normalized spacial score (nSPS) is 11.4. The Hall–Kier alpha value is -4.31. The summed E-state index contributed by atoms with van der Waals surface area (Å²) in [7, 11) is 0. The molecule has 5 rings (SSSR count). The van der Waals surface area contributed by atoms with Gasteiger partial charge >= 0.3 is 0 Å². The highest BCUT2D eigenvalue weighted by atomic mass is 16.3. The molecular weight excluding hydrogens is 352 g/mol. The topological polar surface area (TPSA) is 152 Å². The van der Waals surface area contributed by atoms with E-state index in [9.17, 15) is 5.26 Å². The van der Waals surface area contributed by atoms with E-state index >= 15 is 0 Å². The van der Waals surface area contributed by atoms with Crippen LogP contribution in [-0.4, -0.2) is 4.98 Å². The molecule has 2 aromatic heterocycles. The van der Waals surface area contributed by atoms with Gasteiger partial charge in [0, 0.05) is 21.8 Å². The lowest BCUT2D eigenvalue weighted by Crippen LogP contribution is -2.08. The number of aromatic nitrogens is 1. The maximum absolute atomic E-state index is 9.33. The monoisotopic (exact) mass is 366 g/mol. The average Bonchev–Trinajstić information content (AvgIpc) is 2.67. The molecular formula is C21H14N6O. The van der Waals surface area contributed by atoms with Gasteiger partial charge in [-0.05, 0) is 22.9 Å². The van der Waals surface area contributed by atoms with Gasteiger partial charge in [-0.15, -0.1) is 0 Å². The fourth-order valence-electron chi connectivity index (χ4n) is 3.84. The van der Waals surface area contributed by atoms with Crippen LogP contribution in [-0.2, 0) is 0 Å². The van der Waals surface area contributed by atoms with Gasteiger partial charge in [0.2, 0.25) is 5.55 Å². The molecule has 28 heavy (non-hydrogen) atoms. The van der Waals surface area contributed by atoms with Crippen molar-refractivity contribution in [1.82, 2.24) is 4.98 Å². The molecule has 0 atom stereocenters. The number of rotatable bonds is 0. The maximum Gasteiger partial charge on any atom is 0.222 e. The molecule has 0 aliphatic carbocycles. The van der Waals surface area contributed by atoms with E-state index in [0.29, 0.717) is 27.6 Å². The van der Waals surface area contributed by atoms with Gasteiger partial charge in [-0.3, -0.25) is 5.41 Å². The fourth-order valence-corrected chi connectivity index (χ4v) is 3.84. The number of anilines is 3. The first-order chi connectivity index (χ1) is 13.5. The van der Waals surface area contributed by atoms with Crippen molar-refractivity contribution in [2.75, 3.05) is 17.2 Å². The third-order valence-electron chi connectivity index (χ3n) is 5.07. The minimum absolute atomic E-state index is 0.00295. The first-order valence-electron chi connectivity index (χ1n) is 8.51. The molecule has 0 amide bonds. The van der Waals surface area contributed by atoms with E-state index in [0.717, 1.165) is 21.5 Å². The Morgan fingerprint density at radius 1 is 0.964 bits per heavy atom. The number of pyridine rings is 1. The second-order valence-corrected chi connectivity index (χ2v) is 6.60. The van der Waals surface area contributed by atoms with Crippen LogP contribution >= 0.6 is 0 Å². The quantitative estimate of drug-likeness (QED) is 0.243. The minimum Gasteiger partial charge on any atom is -0.438 e. The number of fused-ring (bicyclic) bond motifs is 7. The summed E-state index contributed by atoms with van der Waals surface area (Å²) in [6.45, 7) is 0. The van der Waals surface area contributed by atoms with Crippen LogP contribution in [0.25, 0.3) is 43.4 Å². The van der Waals surface area contributed by atoms with Crippen LogP contribution in [0.1, 0.15) is 5.56 Å². The van der Waals surface area contributed by atoms with Crippen LogP contribution in [0.5, 0.6) is 0 Å². The van der Waals surface area contributed by atoms with E-state index < -0.39 is 0 Å².